The molecule has 3 heterocycles. The van der Waals surface area contributed by atoms with Crippen molar-refractivity contribution in [3.63, 3.8) is 0 Å². The Morgan fingerprint density at radius 2 is 0.979 bits per heavy atom. The van der Waals surface area contributed by atoms with Gasteiger partial charge >= 0.3 is 0 Å². The molecule has 48 heavy (non-hydrogen) atoms. The molecule has 10 aromatic rings. The Kier molecular flexibility index (Phi) is 5.81. The van der Waals surface area contributed by atoms with Crippen LogP contribution in [0.1, 0.15) is 0 Å². The number of aromatic nitrogens is 3. The molecule has 0 saturated heterocycles. The van der Waals surface area contributed by atoms with Crippen LogP contribution in [0.3, 0.4) is 0 Å². The highest BCUT2D eigenvalue weighted by atomic mass is 16.3. The number of furan rings is 2. The van der Waals surface area contributed by atoms with Gasteiger partial charge in [0.05, 0.1) is 5.56 Å². The molecule has 0 amide bonds. The molecule has 0 aliphatic rings. The minimum Gasteiger partial charge on any atom is -0.455 e. The summed E-state index contributed by atoms with van der Waals surface area (Å²) in [4.78, 5) is 15.1. The zero-order valence-corrected chi connectivity index (χ0v) is 25.6. The third kappa shape index (κ3) is 4.22. The van der Waals surface area contributed by atoms with Crippen LogP contribution in [0.2, 0.25) is 0 Å². The van der Waals surface area contributed by atoms with Gasteiger partial charge in [0.25, 0.3) is 0 Å². The van der Waals surface area contributed by atoms with Gasteiger partial charge in [0, 0.05) is 38.1 Å². The summed E-state index contributed by atoms with van der Waals surface area (Å²) < 4.78 is 13.0. The maximum atomic E-state index is 6.53. The van der Waals surface area contributed by atoms with Gasteiger partial charge in [-0.05, 0) is 52.9 Å². The number of nitrogens with zero attached hydrogens (tertiary/aromatic N) is 3. The summed E-state index contributed by atoms with van der Waals surface area (Å²) in [6.45, 7) is 0. The summed E-state index contributed by atoms with van der Waals surface area (Å²) in [5, 5.41) is 6.45. The van der Waals surface area contributed by atoms with Crippen LogP contribution in [-0.2, 0) is 0 Å². The van der Waals surface area contributed by atoms with Crippen LogP contribution in [0.15, 0.2) is 160 Å². The first kappa shape index (κ1) is 26.6. The molecule has 0 unspecified atom stereocenters. The maximum Gasteiger partial charge on any atom is 0.167 e. The van der Waals surface area contributed by atoms with Gasteiger partial charge in [0.15, 0.2) is 17.5 Å². The van der Waals surface area contributed by atoms with Crippen molar-refractivity contribution in [2.75, 3.05) is 0 Å². The predicted octanol–water partition coefficient (Wildman–Crippen LogP) is 11.5. The van der Waals surface area contributed by atoms with Crippen molar-refractivity contribution in [3.05, 3.63) is 152 Å². The molecule has 0 aliphatic carbocycles. The molecule has 224 valence electrons. The van der Waals surface area contributed by atoms with Crippen LogP contribution in [0.25, 0.3) is 99.9 Å². The standard InChI is InChI=1S/C43H25N3O2/c1-3-10-26(11-4-1)29-20-23-37-36(24-29)33-16-9-17-35(40(33)47-37)43-45-41(28-13-5-2-6-14-28)44-42(46-43)30-19-21-32-34-22-18-27-12-7-8-15-31(27)39(34)48-38(32)25-30/h1-25H. The van der Waals surface area contributed by atoms with E-state index in [0.717, 1.165) is 82.5 Å². The van der Waals surface area contributed by atoms with Gasteiger partial charge in [0.2, 0.25) is 0 Å². The third-order valence-electron chi connectivity index (χ3n) is 9.13. The molecule has 0 bridgehead atoms. The minimum absolute atomic E-state index is 0.544. The lowest BCUT2D eigenvalue weighted by atomic mass is 10.0. The van der Waals surface area contributed by atoms with Crippen molar-refractivity contribution in [2.24, 2.45) is 0 Å². The molecular weight excluding hydrogens is 590 g/mol. The van der Waals surface area contributed by atoms with E-state index in [1.54, 1.807) is 0 Å². The van der Waals surface area contributed by atoms with Gasteiger partial charge < -0.3 is 8.83 Å². The molecular formula is C43H25N3O2. The zero-order valence-electron chi connectivity index (χ0n) is 25.6. The highest BCUT2D eigenvalue weighted by molar-refractivity contribution is 6.15. The lowest BCUT2D eigenvalue weighted by Gasteiger charge is -2.08. The number of benzene rings is 7. The Morgan fingerprint density at radius 3 is 1.83 bits per heavy atom. The molecule has 0 spiro atoms. The molecule has 0 fully saturated rings. The van der Waals surface area contributed by atoms with E-state index in [0.29, 0.717) is 17.5 Å². The van der Waals surface area contributed by atoms with Crippen LogP contribution in [0.5, 0.6) is 0 Å². The molecule has 0 N–H and O–H groups in total. The average Bonchev–Trinajstić information content (AvgIpc) is 3.73. The SMILES string of the molecule is c1ccc(-c2ccc3oc4c(-c5nc(-c6ccccc6)nc(-c6ccc7c(c6)oc6c8ccccc8ccc76)n5)cccc4c3c2)cc1. The maximum absolute atomic E-state index is 6.53. The number of rotatable bonds is 4. The molecule has 5 heteroatoms. The van der Waals surface area contributed by atoms with Crippen molar-refractivity contribution in [2.45, 2.75) is 0 Å². The van der Waals surface area contributed by atoms with Gasteiger partial charge in [-0.2, -0.15) is 0 Å². The predicted molar refractivity (Wildman–Crippen MR) is 194 cm³/mol. The van der Waals surface area contributed by atoms with E-state index in [-0.39, 0.29) is 0 Å². The summed E-state index contributed by atoms with van der Waals surface area (Å²) in [5.41, 5.74) is 8.09. The molecule has 0 aliphatic heterocycles. The van der Waals surface area contributed by atoms with Crippen LogP contribution < -0.4 is 0 Å². The van der Waals surface area contributed by atoms with Gasteiger partial charge in [-0.1, -0.05) is 115 Å². The fourth-order valence-electron chi connectivity index (χ4n) is 6.77. The first-order valence-electron chi connectivity index (χ1n) is 15.9. The summed E-state index contributed by atoms with van der Waals surface area (Å²) >= 11 is 0. The monoisotopic (exact) mass is 615 g/mol. The summed E-state index contributed by atoms with van der Waals surface area (Å²) in [6, 6.07) is 51.7. The Balaban J connectivity index is 1.16. The fraction of sp³-hybridized carbons (Fsp3) is 0. The van der Waals surface area contributed by atoms with Crippen molar-refractivity contribution >= 4 is 54.6 Å². The van der Waals surface area contributed by atoms with Gasteiger partial charge in [0.1, 0.15) is 22.3 Å². The first-order chi connectivity index (χ1) is 23.8. The van der Waals surface area contributed by atoms with Crippen molar-refractivity contribution in [1.29, 1.82) is 0 Å². The van der Waals surface area contributed by atoms with E-state index in [2.05, 4.69) is 78.9 Å². The number of hydrogen-bond donors (Lipinski definition) is 0. The second-order valence-corrected chi connectivity index (χ2v) is 12.0. The van der Waals surface area contributed by atoms with E-state index < -0.39 is 0 Å². The number of para-hydroxylation sites is 1. The summed E-state index contributed by atoms with van der Waals surface area (Å²) in [7, 11) is 0. The lowest BCUT2D eigenvalue weighted by molar-refractivity contribution is 0.669. The topological polar surface area (TPSA) is 65.0 Å². The Hall–Kier alpha value is -6.59. The highest BCUT2D eigenvalue weighted by Gasteiger charge is 2.19. The summed E-state index contributed by atoms with van der Waals surface area (Å²) in [6.07, 6.45) is 0. The molecule has 7 aromatic carbocycles. The second-order valence-electron chi connectivity index (χ2n) is 12.0. The Morgan fingerprint density at radius 1 is 0.333 bits per heavy atom. The smallest absolute Gasteiger partial charge is 0.167 e. The van der Waals surface area contributed by atoms with Crippen molar-refractivity contribution in [1.82, 2.24) is 15.0 Å². The van der Waals surface area contributed by atoms with E-state index in [1.807, 2.05) is 72.8 Å². The van der Waals surface area contributed by atoms with Crippen molar-refractivity contribution in [3.8, 4) is 45.3 Å². The van der Waals surface area contributed by atoms with E-state index in [1.165, 1.54) is 0 Å². The van der Waals surface area contributed by atoms with Gasteiger partial charge in [-0.3, -0.25) is 0 Å². The van der Waals surface area contributed by atoms with Gasteiger partial charge in [-0.25, -0.2) is 15.0 Å². The highest BCUT2D eigenvalue weighted by Crippen LogP contribution is 2.39. The normalized spacial score (nSPS) is 11.8. The Labute approximate surface area is 274 Å². The second kappa shape index (κ2) is 10.5. The van der Waals surface area contributed by atoms with E-state index in [9.17, 15) is 0 Å². The molecule has 3 aromatic heterocycles. The lowest BCUT2D eigenvalue weighted by Crippen LogP contribution is -2.00. The fourth-order valence-corrected chi connectivity index (χ4v) is 6.77. The van der Waals surface area contributed by atoms with Crippen LogP contribution in [0, 0.1) is 0 Å². The largest absolute Gasteiger partial charge is 0.455 e. The van der Waals surface area contributed by atoms with Crippen molar-refractivity contribution < 1.29 is 8.83 Å². The van der Waals surface area contributed by atoms with Gasteiger partial charge in [-0.15, -0.1) is 0 Å². The minimum atomic E-state index is 0.544. The zero-order chi connectivity index (χ0) is 31.6. The molecule has 0 atom stereocenters. The van der Waals surface area contributed by atoms with Crippen LogP contribution >= 0.6 is 0 Å². The number of fused-ring (bicyclic) bond motifs is 8. The molecule has 10 rings (SSSR count). The van der Waals surface area contributed by atoms with E-state index in [4.69, 9.17) is 23.8 Å². The molecule has 0 saturated carbocycles. The summed E-state index contributed by atoms with van der Waals surface area (Å²) in [5.74, 6) is 1.69. The van der Waals surface area contributed by atoms with Crippen LogP contribution in [-0.4, -0.2) is 15.0 Å². The number of hydrogen-bond acceptors (Lipinski definition) is 5. The quantitative estimate of drug-likeness (QED) is 0.197. The van der Waals surface area contributed by atoms with E-state index >= 15 is 0 Å². The molecule has 0 radical (unpaired) electrons. The Bertz CT molecular complexity index is 2840. The first-order valence-corrected chi connectivity index (χ1v) is 15.9. The third-order valence-corrected chi connectivity index (χ3v) is 9.13. The average molecular weight is 616 g/mol. The molecule has 5 nitrogen and oxygen atoms in total. The van der Waals surface area contributed by atoms with Crippen LogP contribution in [0.4, 0.5) is 0 Å².